The molecule has 0 spiro atoms. The molecule has 0 saturated carbocycles. The quantitative estimate of drug-likeness (QED) is 0.427. The second-order valence-corrected chi connectivity index (χ2v) is 27.5. The van der Waals surface area contributed by atoms with Gasteiger partial charge in [-0.15, -0.1) is 0 Å². The Morgan fingerprint density at radius 3 is 1.79 bits per heavy atom. The van der Waals surface area contributed by atoms with Crippen LogP contribution in [0, 0.1) is 10.3 Å². The monoisotopic (exact) mass is 356 g/mol. The average molecular weight is 355 g/mol. The molecular weight excluding hydrogens is 321 g/mol. The predicted molar refractivity (Wildman–Crippen MR) is 99.6 cm³/mol. The second-order valence-electron chi connectivity index (χ2n) is 7.06. The van der Waals surface area contributed by atoms with Crippen LogP contribution in [0.25, 0.3) is 0 Å². The first-order valence-electron chi connectivity index (χ1n) is 7.78. The molecule has 0 aromatic heterocycles. The van der Waals surface area contributed by atoms with E-state index in [2.05, 4.69) is 76.5 Å². The van der Waals surface area contributed by atoms with Crippen molar-refractivity contribution in [1.29, 1.82) is 0 Å². The van der Waals surface area contributed by atoms with Crippen molar-refractivity contribution in [1.82, 2.24) is 0 Å². The van der Waals surface area contributed by atoms with E-state index in [-0.39, 0.29) is 0 Å². The van der Waals surface area contributed by atoms with Gasteiger partial charge in [0.25, 0.3) is 0 Å². The molecule has 0 aromatic carbocycles. The molecule has 110 valence electrons. The van der Waals surface area contributed by atoms with E-state index in [9.17, 15) is 0 Å². The van der Waals surface area contributed by atoms with Gasteiger partial charge in [0.15, 0.2) is 0 Å². The molecule has 1 unspecified atom stereocenters. The SMILES string of the molecule is C=C[Si](C)(C)C(C)[Si](C)(C)C#[C][Ge]([CH2]C)([CH2]C)[CH2]C. The fourth-order valence-electron chi connectivity index (χ4n) is 2.52. The minimum absolute atomic E-state index is 0.788. The van der Waals surface area contributed by atoms with Crippen LogP contribution in [0.4, 0.5) is 0 Å². The summed E-state index contributed by atoms with van der Waals surface area (Å²) in [6, 6.07) is 0. The van der Waals surface area contributed by atoms with Crippen LogP contribution >= 0.6 is 0 Å². The van der Waals surface area contributed by atoms with Crippen molar-refractivity contribution in [3.8, 4) is 10.3 Å². The van der Waals surface area contributed by atoms with E-state index in [1.165, 1.54) is 15.8 Å². The summed E-state index contributed by atoms with van der Waals surface area (Å²) < 4.78 is 3.89. The first-order valence-corrected chi connectivity index (χ1v) is 19.5. The fraction of sp³-hybridized carbons (Fsp3) is 0.750. The van der Waals surface area contributed by atoms with Gasteiger partial charge in [-0.25, -0.2) is 0 Å². The average Bonchev–Trinajstić information content (AvgIpc) is 2.40. The van der Waals surface area contributed by atoms with Crippen molar-refractivity contribution in [2.24, 2.45) is 0 Å². The van der Waals surface area contributed by atoms with Gasteiger partial charge in [-0.1, -0.05) is 0 Å². The Kier molecular flexibility index (Phi) is 7.44. The van der Waals surface area contributed by atoms with E-state index in [4.69, 9.17) is 0 Å². The number of hydrogen-bond donors (Lipinski definition) is 0. The van der Waals surface area contributed by atoms with Gasteiger partial charge in [-0.05, 0) is 0 Å². The van der Waals surface area contributed by atoms with Crippen molar-refractivity contribution in [3.05, 3.63) is 12.3 Å². The normalized spacial score (nSPS) is 14.5. The van der Waals surface area contributed by atoms with Crippen LogP contribution in [0.2, 0.25) is 47.1 Å². The molecule has 0 fully saturated rings. The first-order chi connectivity index (χ1) is 8.60. The molecule has 0 heterocycles. The third-order valence-corrected chi connectivity index (χ3v) is 26.4. The molecule has 0 radical (unpaired) electrons. The van der Waals surface area contributed by atoms with Crippen LogP contribution in [0.5, 0.6) is 0 Å². The Morgan fingerprint density at radius 2 is 1.47 bits per heavy atom. The van der Waals surface area contributed by atoms with E-state index in [0.29, 0.717) is 0 Å². The summed E-state index contributed by atoms with van der Waals surface area (Å²) in [6.07, 6.45) is 0. The summed E-state index contributed by atoms with van der Waals surface area (Å²) in [7, 11) is -2.74. The Balaban J connectivity index is 5.32. The van der Waals surface area contributed by atoms with E-state index in [1.807, 2.05) is 0 Å². The van der Waals surface area contributed by atoms with Crippen molar-refractivity contribution in [2.45, 2.75) is 74.8 Å². The van der Waals surface area contributed by atoms with Gasteiger partial charge < -0.3 is 0 Å². The van der Waals surface area contributed by atoms with Gasteiger partial charge in [0, 0.05) is 0 Å². The van der Waals surface area contributed by atoms with Gasteiger partial charge in [0.2, 0.25) is 0 Å². The zero-order valence-electron chi connectivity index (χ0n) is 14.5. The van der Waals surface area contributed by atoms with Crippen molar-refractivity contribution < 1.29 is 0 Å². The van der Waals surface area contributed by atoms with Crippen LogP contribution in [-0.4, -0.2) is 29.4 Å². The summed E-state index contributed by atoms with van der Waals surface area (Å²) >= 11 is -1.82. The van der Waals surface area contributed by atoms with Crippen molar-refractivity contribution in [3.63, 3.8) is 0 Å². The van der Waals surface area contributed by atoms with Gasteiger partial charge in [0.1, 0.15) is 0 Å². The molecule has 0 N–H and O–H groups in total. The Bertz CT molecular complexity index is 348. The van der Waals surface area contributed by atoms with Crippen molar-refractivity contribution in [2.75, 3.05) is 0 Å². The molecule has 3 heteroatoms. The van der Waals surface area contributed by atoms with Crippen LogP contribution in [0.3, 0.4) is 0 Å². The van der Waals surface area contributed by atoms with Gasteiger partial charge in [0.05, 0.1) is 0 Å². The van der Waals surface area contributed by atoms with E-state index in [0.717, 1.165) is 5.16 Å². The molecular formula is C16H34GeSi2. The molecule has 0 bridgehead atoms. The standard InChI is InChI=1S/C16H34GeSi2/c1-10-17(11-2,12-3)14-15-19(8,9)16(5)18(6,7)13-4/h13,16H,4,10-12H2,1-3,5-9H3. The van der Waals surface area contributed by atoms with Crippen molar-refractivity contribution >= 4 is 29.4 Å². The topological polar surface area (TPSA) is 0 Å². The molecule has 0 saturated heterocycles. The maximum atomic E-state index is 4.07. The third-order valence-electron chi connectivity index (χ3n) is 5.40. The molecule has 0 aliphatic rings. The van der Waals surface area contributed by atoms with Crippen LogP contribution in [0.15, 0.2) is 12.3 Å². The number of hydrogen-bond acceptors (Lipinski definition) is 0. The molecule has 0 aliphatic heterocycles. The molecule has 0 aromatic rings. The zero-order valence-corrected chi connectivity index (χ0v) is 18.6. The van der Waals surface area contributed by atoms with Gasteiger partial charge in [-0.2, -0.15) is 0 Å². The third kappa shape index (κ3) is 4.95. The second kappa shape index (κ2) is 7.33. The molecule has 0 amide bonds. The number of rotatable bonds is 6. The Labute approximate surface area is 126 Å². The summed E-state index contributed by atoms with van der Waals surface area (Å²) in [5, 5.41) is 4.87. The Morgan fingerprint density at radius 1 is 1.05 bits per heavy atom. The fourth-order valence-corrected chi connectivity index (χ4v) is 19.6. The van der Waals surface area contributed by atoms with Crippen LogP contribution < -0.4 is 0 Å². The minimum atomic E-state index is -1.82. The summed E-state index contributed by atoms with van der Waals surface area (Å²) in [4.78, 5) is 0. The van der Waals surface area contributed by atoms with Gasteiger partial charge in [-0.3, -0.25) is 0 Å². The molecule has 0 aliphatic carbocycles. The Hall–Kier alpha value is 0.277. The molecule has 0 nitrogen and oxygen atoms in total. The van der Waals surface area contributed by atoms with E-state index in [1.54, 1.807) is 0 Å². The summed E-state index contributed by atoms with van der Waals surface area (Å²) in [6.45, 7) is 23.4. The van der Waals surface area contributed by atoms with E-state index < -0.39 is 29.4 Å². The van der Waals surface area contributed by atoms with Gasteiger partial charge >= 0.3 is 127 Å². The van der Waals surface area contributed by atoms with Crippen LogP contribution in [-0.2, 0) is 0 Å². The molecule has 1 atom stereocenters. The summed E-state index contributed by atoms with van der Waals surface area (Å²) in [5.41, 5.74) is 6.10. The summed E-state index contributed by atoms with van der Waals surface area (Å²) in [5.74, 6) is 0. The predicted octanol–water partition coefficient (Wildman–Crippen LogP) is 5.65. The molecule has 19 heavy (non-hydrogen) atoms. The van der Waals surface area contributed by atoms with Crippen LogP contribution in [0.1, 0.15) is 27.7 Å². The van der Waals surface area contributed by atoms with E-state index >= 15 is 0 Å². The maximum absolute atomic E-state index is 4.07. The zero-order chi connectivity index (χ0) is 15.3. The first kappa shape index (κ1) is 19.3. The molecule has 0 rings (SSSR count).